The van der Waals surface area contributed by atoms with E-state index in [9.17, 15) is 8.42 Å². The van der Waals surface area contributed by atoms with Crippen LogP contribution in [0.1, 0.15) is 47.5 Å². The first-order valence-corrected chi connectivity index (χ1v) is 12.8. The van der Waals surface area contributed by atoms with E-state index in [1.54, 1.807) is 11.3 Å². The summed E-state index contributed by atoms with van der Waals surface area (Å²) in [5, 5.41) is 11.2. The largest absolute Gasteiger partial charge is 0.334 e. The van der Waals surface area contributed by atoms with Gasteiger partial charge in [0.15, 0.2) is 9.84 Å². The number of sulfone groups is 1. The Hall–Kier alpha value is -2.19. The van der Waals surface area contributed by atoms with Crippen molar-refractivity contribution in [3.05, 3.63) is 64.1 Å². The zero-order valence-corrected chi connectivity index (χ0v) is 17.8. The van der Waals surface area contributed by atoms with E-state index in [4.69, 9.17) is 0 Å². The highest BCUT2D eigenvalue weighted by Gasteiger charge is 2.36. The van der Waals surface area contributed by atoms with E-state index in [1.165, 1.54) is 10.4 Å². The second kappa shape index (κ2) is 7.57. The number of hydrogen-bond acceptors (Lipinski definition) is 6. The lowest BCUT2D eigenvalue weighted by Crippen LogP contribution is -2.27. The van der Waals surface area contributed by atoms with Gasteiger partial charge in [-0.05, 0) is 36.3 Å². The van der Waals surface area contributed by atoms with Crippen LogP contribution in [-0.4, -0.2) is 41.2 Å². The number of benzene rings is 1. The quantitative estimate of drug-likeness (QED) is 0.621. The molecule has 2 aliphatic rings. The first-order chi connectivity index (χ1) is 14.1. The van der Waals surface area contributed by atoms with Crippen molar-refractivity contribution in [2.45, 2.75) is 37.8 Å². The fraction of sp³-hybridized carbons (Fsp3) is 0.429. The van der Waals surface area contributed by atoms with E-state index in [0.717, 1.165) is 31.2 Å². The lowest BCUT2D eigenvalue weighted by Gasteiger charge is -2.27. The Morgan fingerprint density at radius 3 is 2.66 bits per heavy atom. The van der Waals surface area contributed by atoms with Crippen LogP contribution in [0, 0.1) is 0 Å². The second-order valence-corrected chi connectivity index (χ2v) is 11.1. The van der Waals surface area contributed by atoms with Crippen molar-refractivity contribution >= 4 is 27.1 Å². The SMILES string of the molecule is O=S1(=O)CCC(c2nnc(N3CCCC3c3ccccc3)n2Cc2cccs2)C1. The molecule has 29 heavy (non-hydrogen) atoms. The maximum absolute atomic E-state index is 12.1. The topological polar surface area (TPSA) is 68.1 Å². The number of nitrogens with zero attached hydrogens (tertiary/aromatic N) is 4. The van der Waals surface area contributed by atoms with Crippen molar-refractivity contribution < 1.29 is 8.42 Å². The van der Waals surface area contributed by atoms with Crippen LogP contribution in [0.15, 0.2) is 47.8 Å². The van der Waals surface area contributed by atoms with E-state index >= 15 is 0 Å². The molecule has 0 spiro atoms. The molecular formula is C21H24N4O2S2. The molecule has 8 heteroatoms. The van der Waals surface area contributed by atoms with Crippen LogP contribution in [0.4, 0.5) is 5.95 Å². The number of anilines is 1. The lowest BCUT2D eigenvalue weighted by atomic mass is 10.1. The Morgan fingerprint density at radius 1 is 1.07 bits per heavy atom. The van der Waals surface area contributed by atoms with Gasteiger partial charge in [0.05, 0.1) is 24.1 Å². The van der Waals surface area contributed by atoms with Gasteiger partial charge in [0.1, 0.15) is 5.82 Å². The van der Waals surface area contributed by atoms with Crippen molar-refractivity contribution in [1.29, 1.82) is 0 Å². The molecule has 2 aliphatic heterocycles. The summed E-state index contributed by atoms with van der Waals surface area (Å²) in [7, 11) is -2.98. The number of hydrogen-bond donors (Lipinski definition) is 0. The molecule has 2 aromatic heterocycles. The monoisotopic (exact) mass is 428 g/mol. The van der Waals surface area contributed by atoms with Crippen LogP contribution in [0.25, 0.3) is 0 Å². The summed E-state index contributed by atoms with van der Waals surface area (Å²) in [6.45, 7) is 1.62. The van der Waals surface area contributed by atoms with Gasteiger partial charge in [-0.2, -0.15) is 0 Å². The first-order valence-electron chi connectivity index (χ1n) is 10.1. The van der Waals surface area contributed by atoms with Gasteiger partial charge in [-0.1, -0.05) is 36.4 Å². The molecule has 5 rings (SSSR count). The average molecular weight is 429 g/mol. The van der Waals surface area contributed by atoms with Crippen molar-refractivity contribution in [3.63, 3.8) is 0 Å². The van der Waals surface area contributed by atoms with Crippen LogP contribution in [0.3, 0.4) is 0 Å². The van der Waals surface area contributed by atoms with E-state index < -0.39 is 9.84 Å². The fourth-order valence-corrected chi connectivity index (χ4v) is 6.99. The molecular weight excluding hydrogens is 404 g/mol. The Morgan fingerprint density at radius 2 is 1.93 bits per heavy atom. The van der Waals surface area contributed by atoms with Crippen LogP contribution >= 0.6 is 11.3 Å². The van der Waals surface area contributed by atoms with Gasteiger partial charge in [-0.25, -0.2) is 8.42 Å². The van der Waals surface area contributed by atoms with Gasteiger partial charge in [-0.15, -0.1) is 21.5 Å². The minimum absolute atomic E-state index is 0.0704. The van der Waals surface area contributed by atoms with Crippen LogP contribution in [0.5, 0.6) is 0 Å². The Bertz CT molecular complexity index is 1080. The van der Waals surface area contributed by atoms with Gasteiger partial charge in [0, 0.05) is 17.3 Å². The molecule has 4 heterocycles. The molecule has 0 N–H and O–H groups in total. The predicted molar refractivity (Wildman–Crippen MR) is 115 cm³/mol. The molecule has 2 atom stereocenters. The summed E-state index contributed by atoms with van der Waals surface area (Å²) < 4.78 is 26.3. The van der Waals surface area contributed by atoms with Gasteiger partial charge in [0.25, 0.3) is 0 Å². The number of thiophene rings is 1. The van der Waals surface area contributed by atoms with Crippen LogP contribution < -0.4 is 4.90 Å². The van der Waals surface area contributed by atoms with Crippen LogP contribution in [-0.2, 0) is 16.4 Å². The summed E-state index contributed by atoms with van der Waals surface area (Å²) in [5.74, 6) is 2.03. The summed E-state index contributed by atoms with van der Waals surface area (Å²) in [5.41, 5.74) is 1.29. The molecule has 0 amide bonds. The summed E-state index contributed by atoms with van der Waals surface area (Å²) in [4.78, 5) is 3.58. The van der Waals surface area contributed by atoms with E-state index in [-0.39, 0.29) is 23.5 Å². The Balaban J connectivity index is 1.54. The minimum atomic E-state index is -2.98. The molecule has 152 valence electrons. The third kappa shape index (κ3) is 3.71. The molecule has 0 aliphatic carbocycles. The molecule has 0 saturated carbocycles. The molecule has 1 aromatic carbocycles. The van der Waals surface area contributed by atoms with Crippen LogP contribution in [0.2, 0.25) is 0 Å². The third-order valence-electron chi connectivity index (χ3n) is 5.95. The summed E-state index contributed by atoms with van der Waals surface area (Å²) in [6.07, 6.45) is 2.83. The second-order valence-electron chi connectivity index (χ2n) is 7.89. The molecule has 2 fully saturated rings. The standard InChI is InChI=1S/C21H24N4O2S2/c26-29(27)13-10-17(15-29)20-22-23-21(25(20)14-18-8-5-12-28-18)24-11-4-9-19(24)16-6-2-1-3-7-16/h1-3,5-8,12,17,19H,4,9-11,13-15H2. The third-order valence-corrected chi connectivity index (χ3v) is 8.57. The first kappa shape index (κ1) is 18.8. The molecule has 0 radical (unpaired) electrons. The maximum Gasteiger partial charge on any atom is 0.228 e. The average Bonchev–Trinajstić information content (AvgIpc) is 3.49. The number of aromatic nitrogens is 3. The lowest BCUT2D eigenvalue weighted by molar-refractivity contribution is 0.598. The van der Waals surface area contributed by atoms with Gasteiger partial charge >= 0.3 is 0 Å². The zero-order chi connectivity index (χ0) is 19.8. The molecule has 6 nitrogen and oxygen atoms in total. The molecule has 2 unspecified atom stereocenters. The summed E-state index contributed by atoms with van der Waals surface area (Å²) in [6, 6.07) is 15.0. The van der Waals surface area contributed by atoms with E-state index in [0.29, 0.717) is 13.0 Å². The Labute approximate surface area is 175 Å². The molecule has 2 saturated heterocycles. The zero-order valence-electron chi connectivity index (χ0n) is 16.1. The van der Waals surface area contributed by atoms with Crippen molar-refractivity contribution in [1.82, 2.24) is 14.8 Å². The highest BCUT2D eigenvalue weighted by atomic mass is 32.2. The maximum atomic E-state index is 12.1. The van der Waals surface area contributed by atoms with Gasteiger partial charge in [-0.3, -0.25) is 4.57 Å². The molecule has 0 bridgehead atoms. The minimum Gasteiger partial charge on any atom is -0.334 e. The normalized spacial score (nSPS) is 23.7. The van der Waals surface area contributed by atoms with Crippen molar-refractivity contribution in [2.24, 2.45) is 0 Å². The van der Waals surface area contributed by atoms with Gasteiger partial charge in [0.2, 0.25) is 5.95 Å². The number of rotatable bonds is 5. The van der Waals surface area contributed by atoms with Gasteiger partial charge < -0.3 is 4.90 Å². The molecule has 3 aromatic rings. The fourth-order valence-electron chi connectivity index (χ4n) is 4.56. The highest BCUT2D eigenvalue weighted by molar-refractivity contribution is 7.91. The Kier molecular flexibility index (Phi) is 4.91. The highest BCUT2D eigenvalue weighted by Crippen LogP contribution is 2.37. The predicted octanol–water partition coefficient (Wildman–Crippen LogP) is 3.63. The smallest absolute Gasteiger partial charge is 0.228 e. The van der Waals surface area contributed by atoms with Crippen molar-refractivity contribution in [3.8, 4) is 0 Å². The van der Waals surface area contributed by atoms with Crippen molar-refractivity contribution in [2.75, 3.05) is 23.0 Å². The van der Waals surface area contributed by atoms with E-state index in [2.05, 4.69) is 55.4 Å². The summed E-state index contributed by atoms with van der Waals surface area (Å²) >= 11 is 1.71. The van der Waals surface area contributed by atoms with E-state index in [1.807, 2.05) is 12.1 Å².